The van der Waals surface area contributed by atoms with Gasteiger partial charge in [0.2, 0.25) is 5.95 Å². The molecule has 6 heteroatoms. The average molecular weight is 308 g/mol. The Morgan fingerprint density at radius 2 is 2.06 bits per heavy atom. The standard InChI is InChI=1S/C12H14BrN5/c1-8-6-11(17-12(16-8)18-14)15-7-9-4-2-3-5-10(9)13/h2-6H,7,14H2,1H3,(H2,15,16,17,18). The van der Waals surface area contributed by atoms with Crippen LogP contribution in [0.25, 0.3) is 0 Å². The summed E-state index contributed by atoms with van der Waals surface area (Å²) in [4.78, 5) is 8.35. The third kappa shape index (κ3) is 3.18. The first-order valence-corrected chi connectivity index (χ1v) is 6.28. The fourth-order valence-electron chi connectivity index (χ4n) is 1.55. The van der Waals surface area contributed by atoms with Gasteiger partial charge in [-0.25, -0.2) is 10.8 Å². The van der Waals surface area contributed by atoms with E-state index in [1.54, 1.807) is 0 Å². The fraction of sp³-hybridized carbons (Fsp3) is 0.167. The molecule has 0 unspecified atom stereocenters. The zero-order valence-corrected chi connectivity index (χ0v) is 11.5. The summed E-state index contributed by atoms with van der Waals surface area (Å²) in [5, 5.41) is 3.24. The number of nitrogens with two attached hydrogens (primary N) is 1. The minimum absolute atomic E-state index is 0.407. The Kier molecular flexibility index (Phi) is 4.11. The quantitative estimate of drug-likeness (QED) is 0.597. The first-order valence-electron chi connectivity index (χ1n) is 5.48. The molecule has 1 heterocycles. The van der Waals surface area contributed by atoms with E-state index < -0.39 is 0 Å². The van der Waals surface area contributed by atoms with Crippen molar-refractivity contribution in [1.82, 2.24) is 9.97 Å². The van der Waals surface area contributed by atoms with Crippen LogP contribution in [0.15, 0.2) is 34.8 Å². The lowest BCUT2D eigenvalue weighted by molar-refractivity contribution is 1.04. The Balaban J connectivity index is 2.11. The number of hydrazine groups is 1. The zero-order chi connectivity index (χ0) is 13.0. The Hall–Kier alpha value is -1.66. The first kappa shape index (κ1) is 12.8. The van der Waals surface area contributed by atoms with E-state index in [0.717, 1.165) is 21.5 Å². The van der Waals surface area contributed by atoms with Crippen LogP contribution in [-0.4, -0.2) is 9.97 Å². The highest BCUT2D eigenvalue weighted by Crippen LogP contribution is 2.17. The Labute approximate surface area is 114 Å². The molecule has 0 bridgehead atoms. The van der Waals surface area contributed by atoms with Gasteiger partial charge >= 0.3 is 0 Å². The van der Waals surface area contributed by atoms with Crippen molar-refractivity contribution in [2.75, 3.05) is 10.7 Å². The van der Waals surface area contributed by atoms with Crippen molar-refractivity contribution in [2.45, 2.75) is 13.5 Å². The van der Waals surface area contributed by atoms with E-state index in [4.69, 9.17) is 5.84 Å². The van der Waals surface area contributed by atoms with E-state index >= 15 is 0 Å². The first-order chi connectivity index (χ1) is 8.69. The number of nitrogens with zero attached hydrogens (tertiary/aromatic N) is 2. The lowest BCUT2D eigenvalue weighted by atomic mass is 10.2. The highest BCUT2D eigenvalue weighted by Gasteiger charge is 2.02. The normalized spacial score (nSPS) is 10.2. The molecule has 0 aliphatic carbocycles. The predicted molar refractivity (Wildman–Crippen MR) is 76.0 cm³/mol. The highest BCUT2D eigenvalue weighted by atomic mass is 79.9. The number of aryl methyl sites for hydroxylation is 1. The van der Waals surface area contributed by atoms with Gasteiger partial charge in [0.1, 0.15) is 5.82 Å². The minimum atomic E-state index is 0.407. The molecule has 0 fully saturated rings. The van der Waals surface area contributed by atoms with Crippen LogP contribution in [-0.2, 0) is 6.54 Å². The van der Waals surface area contributed by atoms with Gasteiger partial charge in [-0.2, -0.15) is 4.98 Å². The van der Waals surface area contributed by atoms with E-state index in [1.165, 1.54) is 0 Å². The maximum absolute atomic E-state index is 5.31. The lowest BCUT2D eigenvalue weighted by Gasteiger charge is -2.09. The molecule has 1 aromatic heterocycles. The lowest BCUT2D eigenvalue weighted by Crippen LogP contribution is -2.12. The molecule has 0 saturated heterocycles. The van der Waals surface area contributed by atoms with Crippen LogP contribution in [0.3, 0.4) is 0 Å². The molecule has 2 rings (SSSR count). The van der Waals surface area contributed by atoms with Crippen LogP contribution < -0.4 is 16.6 Å². The molecule has 0 saturated carbocycles. The summed E-state index contributed by atoms with van der Waals surface area (Å²) < 4.78 is 1.07. The van der Waals surface area contributed by atoms with Gasteiger partial charge in [0.25, 0.3) is 0 Å². The van der Waals surface area contributed by atoms with E-state index in [2.05, 4.69) is 36.6 Å². The molecule has 0 aliphatic rings. The molecular formula is C12H14BrN5. The van der Waals surface area contributed by atoms with Crippen molar-refractivity contribution in [2.24, 2.45) is 5.84 Å². The van der Waals surface area contributed by atoms with E-state index in [0.29, 0.717) is 12.5 Å². The third-order valence-electron chi connectivity index (χ3n) is 2.40. The van der Waals surface area contributed by atoms with Crippen LogP contribution in [0.1, 0.15) is 11.3 Å². The summed E-state index contributed by atoms with van der Waals surface area (Å²) in [5.74, 6) is 6.46. The van der Waals surface area contributed by atoms with Crippen molar-refractivity contribution in [3.63, 3.8) is 0 Å². The van der Waals surface area contributed by atoms with Crippen LogP contribution in [0.4, 0.5) is 11.8 Å². The summed E-state index contributed by atoms with van der Waals surface area (Å²) in [6.07, 6.45) is 0. The summed E-state index contributed by atoms with van der Waals surface area (Å²) in [6.45, 7) is 2.58. The molecule has 18 heavy (non-hydrogen) atoms. The van der Waals surface area contributed by atoms with Crippen molar-refractivity contribution >= 4 is 27.7 Å². The average Bonchev–Trinajstić information content (AvgIpc) is 2.37. The molecular weight excluding hydrogens is 294 g/mol. The molecule has 0 radical (unpaired) electrons. The number of hydrogen-bond acceptors (Lipinski definition) is 5. The fourth-order valence-corrected chi connectivity index (χ4v) is 1.98. The van der Waals surface area contributed by atoms with Gasteiger partial charge in [-0.3, -0.25) is 5.43 Å². The molecule has 0 spiro atoms. The molecule has 0 amide bonds. The van der Waals surface area contributed by atoms with Crippen LogP contribution in [0.2, 0.25) is 0 Å². The van der Waals surface area contributed by atoms with Crippen molar-refractivity contribution in [1.29, 1.82) is 0 Å². The van der Waals surface area contributed by atoms with Gasteiger partial charge in [0, 0.05) is 22.8 Å². The van der Waals surface area contributed by atoms with Crippen molar-refractivity contribution in [3.05, 3.63) is 46.1 Å². The number of halogens is 1. The zero-order valence-electron chi connectivity index (χ0n) is 9.94. The van der Waals surface area contributed by atoms with Crippen LogP contribution in [0, 0.1) is 6.92 Å². The van der Waals surface area contributed by atoms with Crippen LogP contribution in [0.5, 0.6) is 0 Å². The number of hydrogen-bond donors (Lipinski definition) is 3. The second kappa shape index (κ2) is 5.79. The molecule has 4 N–H and O–H groups in total. The van der Waals surface area contributed by atoms with E-state index in [1.807, 2.05) is 37.3 Å². The van der Waals surface area contributed by atoms with E-state index in [-0.39, 0.29) is 0 Å². The molecule has 2 aromatic rings. The van der Waals surface area contributed by atoms with Crippen LogP contribution >= 0.6 is 15.9 Å². The molecule has 0 atom stereocenters. The van der Waals surface area contributed by atoms with E-state index in [9.17, 15) is 0 Å². The van der Waals surface area contributed by atoms with Gasteiger partial charge in [0.15, 0.2) is 0 Å². The number of aromatic nitrogens is 2. The molecule has 94 valence electrons. The topological polar surface area (TPSA) is 75.9 Å². The summed E-state index contributed by atoms with van der Waals surface area (Å²) >= 11 is 3.51. The second-order valence-electron chi connectivity index (χ2n) is 3.81. The number of benzene rings is 1. The van der Waals surface area contributed by atoms with Gasteiger partial charge in [-0.1, -0.05) is 34.1 Å². The predicted octanol–water partition coefficient (Wildman–Crippen LogP) is 2.45. The van der Waals surface area contributed by atoms with Gasteiger partial charge in [-0.05, 0) is 18.6 Å². The Bertz CT molecular complexity index is 544. The number of rotatable bonds is 4. The summed E-state index contributed by atoms with van der Waals surface area (Å²) in [7, 11) is 0. The minimum Gasteiger partial charge on any atom is -0.366 e. The van der Waals surface area contributed by atoms with Gasteiger partial charge in [-0.15, -0.1) is 0 Å². The van der Waals surface area contributed by atoms with Crippen molar-refractivity contribution in [3.8, 4) is 0 Å². The Morgan fingerprint density at radius 3 is 2.78 bits per heavy atom. The largest absolute Gasteiger partial charge is 0.366 e. The van der Waals surface area contributed by atoms with Gasteiger partial charge < -0.3 is 5.32 Å². The Morgan fingerprint density at radius 1 is 1.28 bits per heavy atom. The monoisotopic (exact) mass is 307 g/mol. The number of nitrogens with one attached hydrogen (secondary N) is 2. The summed E-state index contributed by atoms with van der Waals surface area (Å²) in [5.41, 5.74) is 4.46. The smallest absolute Gasteiger partial charge is 0.239 e. The molecule has 0 aliphatic heterocycles. The SMILES string of the molecule is Cc1cc(NCc2ccccc2Br)nc(NN)n1. The summed E-state index contributed by atoms with van der Waals surface area (Å²) in [6, 6.07) is 9.92. The number of nitrogen functional groups attached to an aromatic ring is 1. The molecule has 1 aromatic carbocycles. The third-order valence-corrected chi connectivity index (χ3v) is 3.17. The number of anilines is 2. The highest BCUT2D eigenvalue weighted by molar-refractivity contribution is 9.10. The molecule has 5 nitrogen and oxygen atoms in total. The maximum atomic E-state index is 5.31. The van der Waals surface area contributed by atoms with Crippen molar-refractivity contribution < 1.29 is 0 Å². The van der Waals surface area contributed by atoms with Gasteiger partial charge in [0.05, 0.1) is 0 Å². The maximum Gasteiger partial charge on any atom is 0.239 e. The second-order valence-corrected chi connectivity index (χ2v) is 4.66.